The van der Waals surface area contributed by atoms with Crippen LogP contribution in [-0.4, -0.2) is 14.0 Å². The predicted octanol–water partition coefficient (Wildman–Crippen LogP) is 2.13. The van der Waals surface area contributed by atoms with E-state index >= 15 is 0 Å². The van der Waals surface area contributed by atoms with Gasteiger partial charge in [0.25, 0.3) is 0 Å². The van der Waals surface area contributed by atoms with Crippen LogP contribution in [0, 0.1) is 0 Å². The van der Waals surface area contributed by atoms with Crippen molar-refractivity contribution in [2.24, 2.45) is 0 Å². The standard InChI is InChI=1S/C5H12Cl2Si/c1-3-4(2)8-5(6)7/h4-5H,3,8H2,1-2H3. The van der Waals surface area contributed by atoms with E-state index < -0.39 is 0 Å². The summed E-state index contributed by atoms with van der Waals surface area (Å²) in [6.07, 6.45) is 1.22. The Kier molecular flexibility index (Phi) is 5.12. The normalized spacial score (nSPS) is 16.1. The van der Waals surface area contributed by atoms with Gasteiger partial charge < -0.3 is 0 Å². The molecule has 1 atom stereocenters. The lowest BCUT2D eigenvalue weighted by molar-refractivity contribution is 0.868. The number of hydrogen-bond donors (Lipinski definition) is 0. The molecule has 0 spiro atoms. The second-order valence-electron chi connectivity index (χ2n) is 2.14. The third-order valence-electron chi connectivity index (χ3n) is 1.28. The van der Waals surface area contributed by atoms with Crippen molar-refractivity contribution in [3.63, 3.8) is 0 Å². The van der Waals surface area contributed by atoms with Gasteiger partial charge in [-0.25, -0.2) is 0 Å². The van der Waals surface area contributed by atoms with Gasteiger partial charge in [0.15, 0.2) is 0 Å². The molecule has 0 aromatic heterocycles. The zero-order valence-electron chi connectivity index (χ0n) is 5.32. The fourth-order valence-corrected chi connectivity index (χ4v) is 3.24. The Morgan fingerprint density at radius 3 is 2.12 bits per heavy atom. The molecule has 0 amide bonds. The molecule has 0 saturated heterocycles. The van der Waals surface area contributed by atoms with Gasteiger partial charge in [0.2, 0.25) is 0 Å². The van der Waals surface area contributed by atoms with E-state index in [2.05, 4.69) is 13.8 Å². The van der Waals surface area contributed by atoms with Crippen molar-refractivity contribution in [1.82, 2.24) is 0 Å². The first-order valence-electron chi connectivity index (χ1n) is 2.95. The van der Waals surface area contributed by atoms with Crippen LogP contribution >= 0.6 is 23.2 Å². The Balaban J connectivity index is 3.10. The molecule has 0 bridgehead atoms. The number of alkyl halides is 2. The van der Waals surface area contributed by atoms with Gasteiger partial charge in [0.05, 0.1) is 14.0 Å². The number of rotatable bonds is 3. The Morgan fingerprint density at radius 2 is 2.00 bits per heavy atom. The van der Waals surface area contributed by atoms with Gasteiger partial charge in [-0.15, -0.1) is 23.2 Å². The largest absolute Gasteiger partial charge is 0.110 e. The highest BCUT2D eigenvalue weighted by Gasteiger charge is 2.05. The average molecular weight is 171 g/mol. The number of halogens is 2. The molecular weight excluding hydrogens is 159 g/mol. The zero-order chi connectivity index (χ0) is 6.57. The minimum Gasteiger partial charge on any atom is -0.110 e. The van der Waals surface area contributed by atoms with E-state index in [4.69, 9.17) is 23.2 Å². The maximum Gasteiger partial charge on any atom is 0.0910 e. The molecule has 0 aromatic carbocycles. The molecule has 0 N–H and O–H groups in total. The van der Waals surface area contributed by atoms with E-state index in [1.807, 2.05) is 0 Å². The van der Waals surface area contributed by atoms with Crippen LogP contribution in [0.4, 0.5) is 0 Å². The smallest absolute Gasteiger partial charge is 0.0910 e. The minimum absolute atomic E-state index is 0.0371. The monoisotopic (exact) mass is 170 g/mol. The maximum absolute atomic E-state index is 5.58. The molecule has 3 heteroatoms. The summed E-state index contributed by atoms with van der Waals surface area (Å²) in [6.45, 7) is 4.39. The van der Waals surface area contributed by atoms with Crippen molar-refractivity contribution in [3.05, 3.63) is 0 Å². The van der Waals surface area contributed by atoms with Crippen LogP contribution in [0.1, 0.15) is 20.3 Å². The highest BCUT2D eigenvalue weighted by molar-refractivity contribution is 6.69. The van der Waals surface area contributed by atoms with Crippen LogP contribution in [0.3, 0.4) is 0 Å². The van der Waals surface area contributed by atoms with Crippen LogP contribution in [0.5, 0.6) is 0 Å². The summed E-state index contributed by atoms with van der Waals surface area (Å²) in [4.78, 5) is 0. The van der Waals surface area contributed by atoms with E-state index in [9.17, 15) is 0 Å². The van der Waals surface area contributed by atoms with Gasteiger partial charge in [-0.3, -0.25) is 0 Å². The van der Waals surface area contributed by atoms with Crippen molar-refractivity contribution in [3.8, 4) is 0 Å². The fraction of sp³-hybridized carbons (Fsp3) is 1.00. The van der Waals surface area contributed by atoms with E-state index in [1.165, 1.54) is 6.42 Å². The summed E-state index contributed by atoms with van der Waals surface area (Å²) in [6, 6.07) is 0. The highest BCUT2D eigenvalue weighted by atomic mass is 35.5. The Hall–Kier alpha value is 0.797. The van der Waals surface area contributed by atoms with Crippen molar-refractivity contribution >= 4 is 32.7 Å². The molecule has 0 aliphatic rings. The molecule has 0 aromatic rings. The second kappa shape index (κ2) is 4.65. The lowest BCUT2D eigenvalue weighted by Gasteiger charge is -2.05. The van der Waals surface area contributed by atoms with Crippen LogP contribution in [-0.2, 0) is 0 Å². The molecule has 8 heavy (non-hydrogen) atoms. The minimum atomic E-state index is -0.199. The topological polar surface area (TPSA) is 0 Å². The summed E-state index contributed by atoms with van der Waals surface area (Å²) < 4.78 is -0.0371. The first-order valence-corrected chi connectivity index (χ1v) is 5.45. The summed E-state index contributed by atoms with van der Waals surface area (Å²) in [7, 11) is -0.199. The van der Waals surface area contributed by atoms with Crippen LogP contribution in [0.15, 0.2) is 0 Å². The van der Waals surface area contributed by atoms with Crippen molar-refractivity contribution in [2.75, 3.05) is 0 Å². The average Bonchev–Trinajstić information content (AvgIpc) is 1.65. The molecule has 0 nitrogen and oxygen atoms in total. The number of hydrogen-bond acceptors (Lipinski definition) is 0. The predicted molar refractivity (Wildman–Crippen MR) is 43.8 cm³/mol. The van der Waals surface area contributed by atoms with Crippen molar-refractivity contribution < 1.29 is 0 Å². The Bertz CT molecular complexity index is 56.4. The third-order valence-corrected chi connectivity index (χ3v) is 4.08. The first-order chi connectivity index (χ1) is 3.66. The summed E-state index contributed by atoms with van der Waals surface area (Å²) in [5.41, 5.74) is 0.801. The van der Waals surface area contributed by atoms with E-state index in [0.717, 1.165) is 5.54 Å². The zero-order valence-corrected chi connectivity index (χ0v) is 8.25. The third kappa shape index (κ3) is 4.94. The highest BCUT2D eigenvalue weighted by Crippen LogP contribution is 2.12. The van der Waals surface area contributed by atoms with Crippen LogP contribution in [0.2, 0.25) is 5.54 Å². The molecule has 0 aliphatic carbocycles. The van der Waals surface area contributed by atoms with Crippen LogP contribution in [0.25, 0.3) is 0 Å². The Labute approximate surface area is 63.4 Å². The van der Waals surface area contributed by atoms with Gasteiger partial charge in [-0.1, -0.05) is 25.8 Å². The summed E-state index contributed by atoms with van der Waals surface area (Å²) >= 11 is 11.2. The van der Waals surface area contributed by atoms with Gasteiger partial charge in [-0.2, -0.15) is 0 Å². The van der Waals surface area contributed by atoms with Gasteiger partial charge in [0.1, 0.15) is 0 Å². The van der Waals surface area contributed by atoms with Gasteiger partial charge in [0, 0.05) is 0 Å². The van der Waals surface area contributed by atoms with Crippen molar-refractivity contribution in [1.29, 1.82) is 0 Å². The molecule has 0 radical (unpaired) electrons. The van der Waals surface area contributed by atoms with Crippen molar-refractivity contribution in [2.45, 2.75) is 30.3 Å². The molecular formula is C5H12Cl2Si. The van der Waals surface area contributed by atoms with Crippen LogP contribution < -0.4 is 0 Å². The molecule has 1 unspecified atom stereocenters. The lowest BCUT2D eigenvalue weighted by atomic mass is 10.4. The maximum atomic E-state index is 5.58. The molecule has 0 heterocycles. The lowest BCUT2D eigenvalue weighted by Crippen LogP contribution is -2.06. The quantitative estimate of drug-likeness (QED) is 0.450. The molecule has 50 valence electrons. The summed E-state index contributed by atoms with van der Waals surface area (Å²) in [5.74, 6) is 0. The molecule has 0 aliphatic heterocycles. The SMILES string of the molecule is CCC(C)[SiH2]C(Cl)Cl. The molecule has 0 saturated carbocycles. The molecule has 0 fully saturated rings. The second-order valence-corrected chi connectivity index (χ2v) is 7.13. The van der Waals surface area contributed by atoms with E-state index in [0.29, 0.717) is 0 Å². The fourth-order valence-electron chi connectivity index (χ4n) is 0.471. The van der Waals surface area contributed by atoms with Gasteiger partial charge >= 0.3 is 0 Å². The molecule has 0 rings (SSSR count). The first kappa shape index (κ1) is 8.80. The summed E-state index contributed by atoms with van der Waals surface area (Å²) in [5, 5.41) is 0. The van der Waals surface area contributed by atoms with E-state index in [1.54, 1.807) is 0 Å². The Morgan fingerprint density at radius 1 is 1.50 bits per heavy atom. The van der Waals surface area contributed by atoms with Gasteiger partial charge in [-0.05, 0) is 0 Å². The van der Waals surface area contributed by atoms with E-state index in [-0.39, 0.29) is 14.0 Å².